The van der Waals surface area contributed by atoms with E-state index < -0.39 is 0 Å². The molecule has 0 saturated carbocycles. The lowest BCUT2D eigenvalue weighted by molar-refractivity contribution is -0.121. The maximum atomic E-state index is 10.7. The summed E-state index contributed by atoms with van der Waals surface area (Å²) < 4.78 is 0. The number of aromatic hydroxyl groups is 1. The lowest BCUT2D eigenvalue weighted by atomic mass is 10.0. The Morgan fingerprint density at radius 3 is 2.12 bits per heavy atom. The molecule has 3 N–H and O–H groups in total. The average molecular weight is 223 g/mol. The number of hydrogen-bond acceptors (Lipinski definition) is 2. The van der Waals surface area contributed by atoms with E-state index >= 15 is 0 Å². The highest BCUT2D eigenvalue weighted by atomic mass is 16.3. The molecule has 0 aliphatic carbocycles. The molecule has 0 aromatic heterocycles. The molecule has 3 heteroatoms. The fraction of sp³-hybridized carbons (Fsp3) is 0.462. The van der Waals surface area contributed by atoms with Crippen LogP contribution in [0.3, 0.4) is 0 Å². The van der Waals surface area contributed by atoms with Gasteiger partial charge < -0.3 is 10.8 Å². The summed E-state index contributed by atoms with van der Waals surface area (Å²) in [5, 5.41) is 9.01. The zero-order chi connectivity index (χ0) is 12.6. The fourth-order valence-electron chi connectivity index (χ4n) is 1.09. The van der Waals surface area contributed by atoms with Crippen LogP contribution in [0.25, 0.3) is 0 Å². The maximum absolute atomic E-state index is 10.7. The van der Waals surface area contributed by atoms with E-state index in [-0.39, 0.29) is 17.6 Å². The molecule has 90 valence electrons. The first-order valence-electron chi connectivity index (χ1n) is 5.58. The minimum absolute atomic E-state index is 0.162. The predicted molar refractivity (Wildman–Crippen MR) is 66.1 cm³/mol. The van der Waals surface area contributed by atoms with Crippen LogP contribution in [-0.2, 0) is 11.2 Å². The fourth-order valence-corrected chi connectivity index (χ4v) is 1.09. The molecule has 1 unspecified atom stereocenters. The minimum atomic E-state index is -0.298. The third-order valence-electron chi connectivity index (χ3n) is 1.96. The van der Waals surface area contributed by atoms with E-state index in [0.717, 1.165) is 5.56 Å². The van der Waals surface area contributed by atoms with Gasteiger partial charge in [0.15, 0.2) is 0 Å². The molecule has 0 bridgehead atoms. The van der Waals surface area contributed by atoms with Crippen LogP contribution in [0.4, 0.5) is 0 Å². The van der Waals surface area contributed by atoms with Crippen molar-refractivity contribution in [3.8, 4) is 5.75 Å². The first-order chi connectivity index (χ1) is 7.51. The van der Waals surface area contributed by atoms with Crippen LogP contribution >= 0.6 is 0 Å². The van der Waals surface area contributed by atoms with Gasteiger partial charge in [-0.15, -0.1) is 0 Å². The van der Waals surface area contributed by atoms with Crippen LogP contribution in [0.15, 0.2) is 24.3 Å². The summed E-state index contributed by atoms with van der Waals surface area (Å²) in [4.78, 5) is 10.7. The Kier molecular flexibility index (Phi) is 7.01. The zero-order valence-electron chi connectivity index (χ0n) is 10.2. The summed E-state index contributed by atoms with van der Waals surface area (Å²) in [6, 6.07) is 6.77. The summed E-state index contributed by atoms with van der Waals surface area (Å²) >= 11 is 0. The summed E-state index contributed by atoms with van der Waals surface area (Å²) in [6.07, 6.45) is 1.87. The van der Waals surface area contributed by atoms with Crippen molar-refractivity contribution in [3.63, 3.8) is 0 Å². The van der Waals surface area contributed by atoms with Crippen molar-refractivity contribution < 1.29 is 9.90 Å². The Morgan fingerprint density at radius 1 is 1.31 bits per heavy atom. The number of phenols is 1. The second-order valence-electron chi connectivity index (χ2n) is 3.88. The quantitative estimate of drug-likeness (QED) is 0.826. The van der Waals surface area contributed by atoms with Crippen molar-refractivity contribution in [1.29, 1.82) is 0 Å². The van der Waals surface area contributed by atoms with Crippen molar-refractivity contribution in [1.82, 2.24) is 0 Å². The third kappa shape index (κ3) is 6.06. The van der Waals surface area contributed by atoms with E-state index in [1.54, 1.807) is 31.2 Å². The molecule has 0 saturated heterocycles. The van der Waals surface area contributed by atoms with Gasteiger partial charge in [-0.1, -0.05) is 39.3 Å². The number of amides is 1. The van der Waals surface area contributed by atoms with Crippen LogP contribution in [0.5, 0.6) is 5.75 Å². The van der Waals surface area contributed by atoms with E-state index in [4.69, 9.17) is 10.8 Å². The van der Waals surface area contributed by atoms with Gasteiger partial charge in [0.25, 0.3) is 0 Å². The summed E-state index contributed by atoms with van der Waals surface area (Å²) in [7, 11) is 0. The van der Waals surface area contributed by atoms with Gasteiger partial charge >= 0.3 is 0 Å². The normalized spacial score (nSPS) is 11.2. The highest BCUT2D eigenvalue weighted by molar-refractivity contribution is 5.76. The van der Waals surface area contributed by atoms with E-state index in [9.17, 15) is 4.79 Å². The number of nitrogens with two attached hydrogens (primary N) is 1. The lowest BCUT2D eigenvalue weighted by Gasteiger charge is -2.06. The molecular weight excluding hydrogens is 202 g/mol. The molecule has 1 aromatic carbocycles. The van der Waals surface area contributed by atoms with Gasteiger partial charge in [0.1, 0.15) is 5.75 Å². The van der Waals surface area contributed by atoms with Gasteiger partial charge in [0, 0.05) is 5.92 Å². The first-order valence-corrected chi connectivity index (χ1v) is 5.58. The Labute approximate surface area is 97.3 Å². The smallest absolute Gasteiger partial charge is 0.220 e. The van der Waals surface area contributed by atoms with Gasteiger partial charge in [-0.3, -0.25) is 4.79 Å². The molecule has 1 aromatic rings. The molecule has 1 rings (SSSR count). The van der Waals surface area contributed by atoms with Crippen molar-refractivity contribution in [2.75, 3.05) is 0 Å². The molecule has 0 radical (unpaired) electrons. The molecule has 16 heavy (non-hydrogen) atoms. The summed E-state index contributed by atoms with van der Waals surface area (Å²) in [5.74, 6) is -0.229. The van der Waals surface area contributed by atoms with Gasteiger partial charge in [-0.2, -0.15) is 0 Å². The van der Waals surface area contributed by atoms with Crippen molar-refractivity contribution in [3.05, 3.63) is 29.8 Å². The topological polar surface area (TPSA) is 63.3 Å². The highest BCUT2D eigenvalue weighted by Gasteiger charge is 2.08. The SMILES string of the molecule is CC(Cc1ccc(O)cc1)C(N)=O.CCC. The van der Waals surface area contributed by atoms with Crippen LogP contribution in [0.2, 0.25) is 0 Å². The van der Waals surface area contributed by atoms with E-state index in [0.29, 0.717) is 6.42 Å². The second kappa shape index (κ2) is 7.74. The molecular formula is C13H21NO2. The van der Waals surface area contributed by atoms with Gasteiger partial charge in [-0.25, -0.2) is 0 Å². The van der Waals surface area contributed by atoms with Crippen LogP contribution in [0.1, 0.15) is 32.8 Å². The predicted octanol–water partition coefficient (Wildman–Crippen LogP) is 2.47. The molecule has 1 atom stereocenters. The third-order valence-corrected chi connectivity index (χ3v) is 1.96. The Hall–Kier alpha value is -1.51. The summed E-state index contributed by atoms with van der Waals surface area (Å²) in [6.45, 7) is 6.04. The van der Waals surface area contributed by atoms with Crippen molar-refractivity contribution in [2.24, 2.45) is 11.7 Å². The van der Waals surface area contributed by atoms with E-state index in [2.05, 4.69) is 13.8 Å². The number of primary amides is 1. The molecule has 0 spiro atoms. The van der Waals surface area contributed by atoms with Crippen molar-refractivity contribution in [2.45, 2.75) is 33.6 Å². The monoisotopic (exact) mass is 223 g/mol. The number of phenolic OH excluding ortho intramolecular Hbond substituents is 1. The van der Waals surface area contributed by atoms with Crippen LogP contribution < -0.4 is 5.73 Å². The van der Waals surface area contributed by atoms with Crippen molar-refractivity contribution >= 4 is 5.91 Å². The maximum Gasteiger partial charge on any atom is 0.220 e. The second-order valence-corrected chi connectivity index (χ2v) is 3.88. The van der Waals surface area contributed by atoms with Gasteiger partial charge in [0.05, 0.1) is 0 Å². The number of benzene rings is 1. The average Bonchev–Trinajstić information content (AvgIpc) is 2.22. The van der Waals surface area contributed by atoms with E-state index in [1.807, 2.05) is 0 Å². The molecule has 1 amide bonds. The zero-order valence-corrected chi connectivity index (χ0v) is 10.2. The number of carbonyl (C=O) groups is 1. The van der Waals surface area contributed by atoms with Crippen LogP contribution in [-0.4, -0.2) is 11.0 Å². The Morgan fingerprint density at radius 2 is 1.75 bits per heavy atom. The molecule has 3 nitrogen and oxygen atoms in total. The number of hydrogen-bond donors (Lipinski definition) is 2. The lowest BCUT2D eigenvalue weighted by Crippen LogP contribution is -2.22. The highest BCUT2D eigenvalue weighted by Crippen LogP contribution is 2.13. The first kappa shape index (κ1) is 14.5. The van der Waals surface area contributed by atoms with Crippen LogP contribution in [0, 0.1) is 5.92 Å². The minimum Gasteiger partial charge on any atom is -0.508 e. The number of rotatable bonds is 3. The Bertz CT molecular complexity index is 306. The van der Waals surface area contributed by atoms with E-state index in [1.165, 1.54) is 6.42 Å². The van der Waals surface area contributed by atoms with Gasteiger partial charge in [0.2, 0.25) is 5.91 Å². The molecule has 0 fully saturated rings. The molecule has 0 aliphatic heterocycles. The van der Waals surface area contributed by atoms with Gasteiger partial charge in [-0.05, 0) is 24.1 Å². The largest absolute Gasteiger partial charge is 0.508 e. The number of carbonyl (C=O) groups excluding carboxylic acids is 1. The molecule has 0 heterocycles. The Balaban J connectivity index is 0.000000673. The standard InChI is InChI=1S/C10H13NO2.C3H8/c1-7(10(11)13)6-8-2-4-9(12)5-3-8;1-3-2/h2-5,7,12H,6H2,1H3,(H2,11,13);3H2,1-2H3. The molecule has 0 aliphatic rings. The summed E-state index contributed by atoms with van der Waals surface area (Å²) in [5.41, 5.74) is 6.13.